The van der Waals surface area contributed by atoms with Crippen molar-refractivity contribution in [1.82, 2.24) is 4.90 Å². The Morgan fingerprint density at radius 2 is 1.95 bits per heavy atom. The maximum atomic E-state index is 11.8. The first-order valence-corrected chi connectivity index (χ1v) is 7.19. The Hall–Kier alpha value is -1.49. The molecule has 0 saturated carbocycles. The van der Waals surface area contributed by atoms with Crippen molar-refractivity contribution in [2.45, 2.75) is 18.2 Å². The second-order valence-corrected chi connectivity index (χ2v) is 5.02. The Morgan fingerprint density at radius 1 is 1.26 bits per heavy atom. The molecule has 1 aromatic carbocycles. The molecule has 0 fully saturated rings. The van der Waals surface area contributed by atoms with Gasteiger partial charge in [0.25, 0.3) is 0 Å². The van der Waals surface area contributed by atoms with Gasteiger partial charge in [0, 0.05) is 18.5 Å². The van der Waals surface area contributed by atoms with Crippen LogP contribution in [-0.2, 0) is 14.3 Å². The fourth-order valence-electron chi connectivity index (χ4n) is 1.39. The molecule has 104 valence electrons. The zero-order valence-electron chi connectivity index (χ0n) is 11.3. The lowest BCUT2D eigenvalue weighted by Gasteiger charge is -2.16. The molecule has 0 spiro atoms. The average molecular weight is 281 g/mol. The highest BCUT2D eigenvalue weighted by Crippen LogP contribution is 2.17. The maximum absolute atomic E-state index is 11.8. The van der Waals surface area contributed by atoms with E-state index < -0.39 is 0 Å². The first-order chi connectivity index (χ1) is 9.13. The zero-order valence-corrected chi connectivity index (χ0v) is 12.1. The van der Waals surface area contributed by atoms with Crippen LogP contribution in [0.5, 0.6) is 0 Å². The molecule has 0 aliphatic heterocycles. The minimum absolute atomic E-state index is 0.0122. The Morgan fingerprint density at radius 3 is 2.58 bits per heavy atom. The smallest absolute Gasteiger partial charge is 0.307 e. The van der Waals surface area contributed by atoms with Crippen molar-refractivity contribution in [2.75, 3.05) is 26.0 Å². The summed E-state index contributed by atoms with van der Waals surface area (Å²) < 4.78 is 4.82. The van der Waals surface area contributed by atoms with Gasteiger partial charge < -0.3 is 9.64 Å². The van der Waals surface area contributed by atoms with Crippen LogP contribution in [0.4, 0.5) is 0 Å². The summed E-state index contributed by atoms with van der Waals surface area (Å²) in [5.74, 6) is 0.125. The highest BCUT2D eigenvalue weighted by atomic mass is 32.2. The van der Waals surface area contributed by atoms with Crippen LogP contribution in [0.1, 0.15) is 13.3 Å². The molecule has 0 bridgehead atoms. The molecule has 19 heavy (non-hydrogen) atoms. The van der Waals surface area contributed by atoms with Gasteiger partial charge in [0.1, 0.15) is 0 Å². The topological polar surface area (TPSA) is 46.6 Å². The van der Waals surface area contributed by atoms with Crippen LogP contribution in [0.15, 0.2) is 35.2 Å². The van der Waals surface area contributed by atoms with E-state index in [-0.39, 0.29) is 18.3 Å². The summed E-state index contributed by atoms with van der Waals surface area (Å²) in [6, 6.07) is 9.76. The number of thioether (sulfide) groups is 1. The number of hydrogen-bond donors (Lipinski definition) is 0. The van der Waals surface area contributed by atoms with Gasteiger partial charge in [-0.1, -0.05) is 18.2 Å². The van der Waals surface area contributed by atoms with E-state index in [1.54, 1.807) is 18.9 Å². The van der Waals surface area contributed by atoms with Gasteiger partial charge in [0.15, 0.2) is 0 Å². The standard InChI is InChI=1S/C14H19NO3S/c1-3-18-14(17)9-10-15(2)13(16)11-19-12-7-5-4-6-8-12/h4-8H,3,9-11H2,1-2H3. The Bertz CT molecular complexity index is 408. The van der Waals surface area contributed by atoms with E-state index in [0.29, 0.717) is 18.9 Å². The highest BCUT2D eigenvalue weighted by Gasteiger charge is 2.11. The van der Waals surface area contributed by atoms with E-state index in [1.165, 1.54) is 11.8 Å². The molecular formula is C14H19NO3S. The zero-order chi connectivity index (χ0) is 14.1. The summed E-state index contributed by atoms with van der Waals surface area (Å²) in [5, 5.41) is 0. The molecular weight excluding hydrogens is 262 g/mol. The summed E-state index contributed by atoms with van der Waals surface area (Å²) in [6.45, 7) is 2.54. The van der Waals surface area contributed by atoms with Crippen molar-refractivity contribution in [2.24, 2.45) is 0 Å². The van der Waals surface area contributed by atoms with Gasteiger partial charge in [0.2, 0.25) is 5.91 Å². The molecule has 0 atom stereocenters. The molecule has 5 heteroatoms. The molecule has 1 rings (SSSR count). The number of esters is 1. The van der Waals surface area contributed by atoms with E-state index in [9.17, 15) is 9.59 Å². The summed E-state index contributed by atoms with van der Waals surface area (Å²) >= 11 is 1.49. The number of amides is 1. The molecule has 0 aliphatic rings. The third kappa shape index (κ3) is 6.29. The summed E-state index contributed by atoms with van der Waals surface area (Å²) in [6.07, 6.45) is 0.242. The Labute approximate surface area is 118 Å². The van der Waals surface area contributed by atoms with Crippen molar-refractivity contribution in [3.8, 4) is 0 Å². The van der Waals surface area contributed by atoms with Crippen LogP contribution in [0.3, 0.4) is 0 Å². The maximum Gasteiger partial charge on any atom is 0.307 e. The molecule has 1 aromatic rings. The summed E-state index contributed by atoms with van der Waals surface area (Å²) in [7, 11) is 1.70. The molecule has 0 heterocycles. The van der Waals surface area contributed by atoms with Gasteiger partial charge in [-0.25, -0.2) is 0 Å². The first kappa shape index (κ1) is 15.6. The molecule has 0 saturated heterocycles. The lowest BCUT2D eigenvalue weighted by molar-refractivity contribution is -0.143. The minimum Gasteiger partial charge on any atom is -0.466 e. The predicted octanol–water partition coefficient (Wildman–Crippen LogP) is 2.19. The molecule has 0 aromatic heterocycles. The fraction of sp³-hybridized carbons (Fsp3) is 0.429. The van der Waals surface area contributed by atoms with Crippen molar-refractivity contribution in [3.63, 3.8) is 0 Å². The van der Waals surface area contributed by atoms with Crippen molar-refractivity contribution in [3.05, 3.63) is 30.3 Å². The van der Waals surface area contributed by atoms with E-state index >= 15 is 0 Å². The van der Waals surface area contributed by atoms with Crippen LogP contribution in [-0.4, -0.2) is 42.7 Å². The van der Waals surface area contributed by atoms with Crippen LogP contribution in [0, 0.1) is 0 Å². The largest absolute Gasteiger partial charge is 0.466 e. The summed E-state index contributed by atoms with van der Waals surface area (Å²) in [5.41, 5.74) is 0. The number of nitrogens with zero attached hydrogens (tertiary/aromatic N) is 1. The van der Waals surface area contributed by atoms with Gasteiger partial charge in [0.05, 0.1) is 18.8 Å². The van der Waals surface area contributed by atoms with Crippen molar-refractivity contribution >= 4 is 23.6 Å². The monoisotopic (exact) mass is 281 g/mol. The van der Waals surface area contributed by atoms with Crippen LogP contribution < -0.4 is 0 Å². The lowest BCUT2D eigenvalue weighted by Crippen LogP contribution is -2.30. The fourth-order valence-corrected chi connectivity index (χ4v) is 2.25. The molecule has 0 aliphatic carbocycles. The lowest BCUT2D eigenvalue weighted by atomic mass is 10.4. The summed E-state index contributed by atoms with van der Waals surface area (Å²) in [4.78, 5) is 25.7. The van der Waals surface area contributed by atoms with Crippen LogP contribution >= 0.6 is 11.8 Å². The van der Waals surface area contributed by atoms with E-state index in [0.717, 1.165) is 4.90 Å². The Kier molecular flexibility index (Phi) is 7.03. The molecule has 0 N–H and O–H groups in total. The minimum atomic E-state index is -0.266. The average Bonchev–Trinajstić information content (AvgIpc) is 2.43. The molecule has 4 nitrogen and oxygen atoms in total. The number of benzene rings is 1. The van der Waals surface area contributed by atoms with Crippen molar-refractivity contribution < 1.29 is 14.3 Å². The van der Waals surface area contributed by atoms with E-state index in [4.69, 9.17) is 4.74 Å². The number of carbonyl (C=O) groups excluding carboxylic acids is 2. The number of hydrogen-bond acceptors (Lipinski definition) is 4. The quantitative estimate of drug-likeness (QED) is 0.568. The van der Waals surface area contributed by atoms with Gasteiger partial charge in [-0.3, -0.25) is 9.59 Å². The molecule has 1 amide bonds. The number of carbonyl (C=O) groups is 2. The highest BCUT2D eigenvalue weighted by molar-refractivity contribution is 8.00. The SMILES string of the molecule is CCOC(=O)CCN(C)C(=O)CSc1ccccc1. The van der Waals surface area contributed by atoms with Crippen LogP contribution in [0.25, 0.3) is 0 Å². The normalized spacial score (nSPS) is 10.0. The second kappa shape index (κ2) is 8.58. The van der Waals surface area contributed by atoms with E-state index in [1.807, 2.05) is 30.3 Å². The van der Waals surface area contributed by atoms with Gasteiger partial charge in [-0.2, -0.15) is 0 Å². The first-order valence-electron chi connectivity index (χ1n) is 6.21. The molecule has 0 radical (unpaired) electrons. The molecule has 0 unspecified atom stereocenters. The predicted molar refractivity (Wildman–Crippen MR) is 76.1 cm³/mol. The van der Waals surface area contributed by atoms with Gasteiger partial charge in [-0.15, -0.1) is 11.8 Å². The van der Waals surface area contributed by atoms with Gasteiger partial charge in [-0.05, 0) is 19.1 Å². The third-order valence-electron chi connectivity index (χ3n) is 2.49. The van der Waals surface area contributed by atoms with Crippen molar-refractivity contribution in [1.29, 1.82) is 0 Å². The van der Waals surface area contributed by atoms with E-state index in [2.05, 4.69) is 0 Å². The Balaban J connectivity index is 2.27. The third-order valence-corrected chi connectivity index (χ3v) is 3.48. The van der Waals surface area contributed by atoms with Crippen LogP contribution in [0.2, 0.25) is 0 Å². The second-order valence-electron chi connectivity index (χ2n) is 3.97. The number of rotatable bonds is 7. The number of ether oxygens (including phenoxy) is 1. The van der Waals surface area contributed by atoms with Gasteiger partial charge >= 0.3 is 5.97 Å².